The van der Waals surface area contributed by atoms with Gasteiger partial charge in [0.15, 0.2) is 11.7 Å². The Morgan fingerprint density at radius 2 is 1.04 bits per heavy atom. The molecule has 2 aromatic rings. The first kappa shape index (κ1) is 18.7. The Hall–Kier alpha value is -2.65. The van der Waals surface area contributed by atoms with Crippen LogP contribution in [0.4, 0.5) is 11.4 Å². The molecule has 2 rings (SSSR count). The normalized spacial score (nSPS) is 15.8. The summed E-state index contributed by atoms with van der Waals surface area (Å²) in [5.41, 5.74) is -0.700. The second-order valence-electron chi connectivity index (χ2n) is 5.12. The number of hydrogen-bond donors (Lipinski definition) is 3. The third-order valence-corrected chi connectivity index (χ3v) is 5.50. The number of rotatable bonds is 6. The van der Waals surface area contributed by atoms with Crippen molar-refractivity contribution in [2.24, 2.45) is 0 Å². The van der Waals surface area contributed by atoms with Gasteiger partial charge in [-0.3, -0.25) is 24.8 Å². The SMILES string of the molecule is O=[N+]([O-])c1ccc(C(O)P(=O)(O)C(O)c2ccc([N+](=O)[O-])cc2)cc1. The highest BCUT2D eigenvalue weighted by atomic mass is 31.2. The van der Waals surface area contributed by atoms with Crippen LogP contribution >= 0.6 is 7.37 Å². The van der Waals surface area contributed by atoms with Crippen LogP contribution in [0.15, 0.2) is 48.5 Å². The maximum absolute atomic E-state index is 12.4. The second kappa shape index (κ2) is 7.08. The molecule has 0 saturated carbocycles. The smallest absolute Gasteiger partial charge is 0.269 e. The lowest BCUT2D eigenvalue weighted by Gasteiger charge is -2.23. The Morgan fingerprint density at radius 3 is 1.28 bits per heavy atom. The first-order valence-corrected chi connectivity index (χ1v) is 8.61. The summed E-state index contributed by atoms with van der Waals surface area (Å²) in [4.78, 5) is 30.0. The summed E-state index contributed by atoms with van der Waals surface area (Å²) >= 11 is 0. The van der Waals surface area contributed by atoms with Crippen molar-refractivity contribution in [3.8, 4) is 0 Å². The van der Waals surface area contributed by atoms with Gasteiger partial charge < -0.3 is 15.1 Å². The lowest BCUT2D eigenvalue weighted by atomic mass is 10.2. The van der Waals surface area contributed by atoms with Crippen LogP contribution in [0.5, 0.6) is 0 Å². The largest absolute Gasteiger partial charge is 0.378 e. The molecule has 0 amide bonds. The molecule has 0 aliphatic rings. The molecule has 2 unspecified atom stereocenters. The van der Waals surface area contributed by atoms with Crippen molar-refractivity contribution >= 4 is 18.7 Å². The van der Waals surface area contributed by atoms with Crippen molar-refractivity contribution < 1.29 is 29.5 Å². The molecular weight excluding hydrogens is 355 g/mol. The number of benzene rings is 2. The Balaban J connectivity index is 2.27. The zero-order valence-corrected chi connectivity index (χ0v) is 13.4. The van der Waals surface area contributed by atoms with E-state index in [9.17, 15) is 39.9 Å². The van der Waals surface area contributed by atoms with Gasteiger partial charge in [0.25, 0.3) is 18.7 Å². The number of nitro benzene ring substituents is 2. The van der Waals surface area contributed by atoms with E-state index in [4.69, 9.17) is 0 Å². The Kier molecular flexibility index (Phi) is 5.29. The Morgan fingerprint density at radius 1 is 0.760 bits per heavy atom. The molecule has 0 bridgehead atoms. The van der Waals surface area contributed by atoms with Gasteiger partial charge in [0.1, 0.15) is 0 Å². The van der Waals surface area contributed by atoms with Crippen molar-refractivity contribution in [2.75, 3.05) is 0 Å². The van der Waals surface area contributed by atoms with Crippen molar-refractivity contribution in [3.63, 3.8) is 0 Å². The minimum Gasteiger partial charge on any atom is -0.378 e. The molecule has 0 aliphatic heterocycles. The number of hydrogen-bond acceptors (Lipinski definition) is 7. The minimum absolute atomic E-state index is 0.0857. The molecule has 0 saturated heterocycles. The highest BCUT2D eigenvalue weighted by Crippen LogP contribution is 2.63. The molecule has 10 nitrogen and oxygen atoms in total. The van der Waals surface area contributed by atoms with Crippen LogP contribution in [-0.2, 0) is 4.57 Å². The van der Waals surface area contributed by atoms with E-state index in [1.807, 2.05) is 0 Å². The van der Waals surface area contributed by atoms with Crippen LogP contribution in [0.3, 0.4) is 0 Å². The molecule has 25 heavy (non-hydrogen) atoms. The topological polar surface area (TPSA) is 164 Å². The molecular formula is C14H13N2O8P. The quantitative estimate of drug-likeness (QED) is 0.397. The average Bonchev–Trinajstić information content (AvgIpc) is 2.60. The molecule has 2 atom stereocenters. The van der Waals surface area contributed by atoms with Crippen LogP contribution in [-0.4, -0.2) is 25.0 Å². The summed E-state index contributed by atoms with van der Waals surface area (Å²) < 4.78 is 12.4. The van der Waals surface area contributed by atoms with Crippen molar-refractivity contribution in [3.05, 3.63) is 79.9 Å². The molecule has 0 radical (unpaired) electrons. The highest BCUT2D eigenvalue weighted by Gasteiger charge is 2.39. The van der Waals surface area contributed by atoms with Gasteiger partial charge in [0.2, 0.25) is 0 Å². The first-order valence-electron chi connectivity index (χ1n) is 6.81. The van der Waals surface area contributed by atoms with E-state index in [1.54, 1.807) is 0 Å². The summed E-state index contributed by atoms with van der Waals surface area (Å²) in [7, 11) is -4.62. The van der Waals surface area contributed by atoms with E-state index in [0.717, 1.165) is 48.5 Å². The van der Waals surface area contributed by atoms with E-state index < -0.39 is 28.9 Å². The van der Waals surface area contributed by atoms with E-state index in [-0.39, 0.29) is 22.5 Å². The van der Waals surface area contributed by atoms with Gasteiger partial charge in [-0.1, -0.05) is 0 Å². The lowest BCUT2D eigenvalue weighted by molar-refractivity contribution is -0.385. The molecule has 0 fully saturated rings. The number of aliphatic hydroxyl groups is 2. The van der Waals surface area contributed by atoms with Crippen LogP contribution in [0.2, 0.25) is 0 Å². The van der Waals surface area contributed by atoms with Gasteiger partial charge in [-0.2, -0.15) is 0 Å². The monoisotopic (exact) mass is 368 g/mol. The summed E-state index contributed by atoms with van der Waals surface area (Å²) in [5.74, 6) is -3.98. The lowest BCUT2D eigenvalue weighted by Crippen LogP contribution is -2.07. The first-order chi connectivity index (χ1) is 11.6. The minimum atomic E-state index is -4.62. The standard InChI is InChI=1S/C14H13N2O8P/c17-13(9-1-5-11(6-2-9)15(19)20)25(23,24)14(18)10-3-7-12(8-4-10)16(21)22/h1-8,13-14,17-18H,(H,23,24). The van der Waals surface area contributed by atoms with E-state index >= 15 is 0 Å². The fourth-order valence-electron chi connectivity index (χ4n) is 2.10. The maximum Gasteiger partial charge on any atom is 0.269 e. The zero-order chi connectivity index (χ0) is 18.8. The fourth-order valence-corrected chi connectivity index (χ4v) is 3.56. The van der Waals surface area contributed by atoms with Gasteiger partial charge in [0, 0.05) is 24.3 Å². The van der Waals surface area contributed by atoms with E-state index in [2.05, 4.69) is 0 Å². The van der Waals surface area contributed by atoms with Gasteiger partial charge >= 0.3 is 0 Å². The van der Waals surface area contributed by atoms with Crippen LogP contribution in [0.1, 0.15) is 22.8 Å². The molecule has 132 valence electrons. The van der Waals surface area contributed by atoms with Crippen LogP contribution in [0.25, 0.3) is 0 Å². The zero-order valence-electron chi connectivity index (χ0n) is 12.5. The summed E-state index contributed by atoms with van der Waals surface area (Å²) in [5, 5.41) is 41.4. The van der Waals surface area contributed by atoms with Gasteiger partial charge in [0.05, 0.1) is 9.85 Å². The van der Waals surface area contributed by atoms with E-state index in [0.29, 0.717) is 0 Å². The van der Waals surface area contributed by atoms with Crippen molar-refractivity contribution in [1.29, 1.82) is 0 Å². The van der Waals surface area contributed by atoms with Crippen molar-refractivity contribution in [1.82, 2.24) is 0 Å². The third kappa shape index (κ3) is 3.89. The Labute approximate surface area is 140 Å². The molecule has 0 heterocycles. The number of nitrogens with zero attached hydrogens (tertiary/aromatic N) is 2. The molecule has 0 aliphatic carbocycles. The average molecular weight is 368 g/mol. The molecule has 11 heteroatoms. The van der Waals surface area contributed by atoms with Gasteiger partial charge in [-0.25, -0.2) is 0 Å². The second-order valence-corrected chi connectivity index (χ2v) is 7.44. The van der Waals surface area contributed by atoms with E-state index in [1.165, 1.54) is 0 Å². The van der Waals surface area contributed by atoms with Gasteiger partial charge in [-0.05, 0) is 35.4 Å². The maximum atomic E-state index is 12.4. The summed E-state index contributed by atoms with van der Waals surface area (Å²) in [6, 6.07) is 8.63. The molecule has 2 aromatic carbocycles. The molecule has 0 spiro atoms. The molecule has 0 aromatic heterocycles. The van der Waals surface area contributed by atoms with Gasteiger partial charge in [-0.15, -0.1) is 0 Å². The fraction of sp³-hybridized carbons (Fsp3) is 0.143. The molecule has 3 N–H and O–H groups in total. The summed E-state index contributed by atoms with van der Waals surface area (Å²) in [6.07, 6.45) is 0. The predicted octanol–water partition coefficient (Wildman–Crippen LogP) is 2.46. The van der Waals surface area contributed by atoms with Crippen LogP contribution < -0.4 is 0 Å². The van der Waals surface area contributed by atoms with Crippen LogP contribution in [0, 0.1) is 20.2 Å². The summed E-state index contributed by atoms with van der Waals surface area (Å²) in [6.45, 7) is 0. The van der Waals surface area contributed by atoms with Crippen molar-refractivity contribution in [2.45, 2.75) is 11.7 Å². The predicted molar refractivity (Wildman–Crippen MR) is 85.9 cm³/mol. The number of nitro groups is 2. The number of non-ortho nitro benzene ring substituents is 2. The third-order valence-electron chi connectivity index (χ3n) is 3.50. The Bertz CT molecular complexity index is 769. The highest BCUT2D eigenvalue weighted by molar-refractivity contribution is 7.58. The number of aliphatic hydroxyl groups excluding tert-OH is 2.